The number of carbonyl (C=O) groups is 2. The molecular weight excluding hydrogens is 380 g/mol. The number of nitrogens with one attached hydrogen (secondary N) is 1. The highest BCUT2D eigenvalue weighted by Gasteiger charge is 2.24. The Morgan fingerprint density at radius 3 is 2.56 bits per heavy atom. The van der Waals surface area contributed by atoms with Gasteiger partial charge in [0.15, 0.2) is 0 Å². The number of fused-ring (bicyclic) bond motifs is 2. The SMILES string of the molecule is NC(=O)c1c(NC(=O)c2cccc3c(Cl)cccc23)sc2c1CCCCC2. The van der Waals surface area contributed by atoms with Crippen molar-refractivity contribution in [1.29, 1.82) is 0 Å². The van der Waals surface area contributed by atoms with Gasteiger partial charge in [-0.15, -0.1) is 11.3 Å². The van der Waals surface area contributed by atoms with Gasteiger partial charge in [-0.25, -0.2) is 0 Å². The number of rotatable bonds is 3. The smallest absolute Gasteiger partial charge is 0.256 e. The molecule has 0 saturated heterocycles. The molecule has 2 amide bonds. The van der Waals surface area contributed by atoms with Crippen LogP contribution in [0.15, 0.2) is 36.4 Å². The lowest BCUT2D eigenvalue weighted by Crippen LogP contribution is -2.18. The number of carbonyl (C=O) groups excluding carboxylic acids is 2. The number of amides is 2. The maximum absolute atomic E-state index is 13.0. The van der Waals surface area contributed by atoms with Crippen LogP contribution in [-0.2, 0) is 12.8 Å². The first-order valence-electron chi connectivity index (χ1n) is 8.99. The number of nitrogens with two attached hydrogens (primary N) is 1. The van der Waals surface area contributed by atoms with E-state index in [4.69, 9.17) is 17.3 Å². The van der Waals surface area contributed by atoms with Crippen LogP contribution in [0.4, 0.5) is 5.00 Å². The van der Waals surface area contributed by atoms with E-state index >= 15 is 0 Å². The zero-order valence-corrected chi connectivity index (χ0v) is 16.3. The lowest BCUT2D eigenvalue weighted by atomic mass is 10.0. The Morgan fingerprint density at radius 1 is 1.00 bits per heavy atom. The number of halogens is 1. The molecule has 0 radical (unpaired) electrons. The molecule has 0 saturated carbocycles. The molecule has 0 atom stereocenters. The molecule has 1 heterocycles. The van der Waals surface area contributed by atoms with E-state index in [1.54, 1.807) is 12.1 Å². The largest absolute Gasteiger partial charge is 0.365 e. The maximum atomic E-state index is 13.0. The molecule has 1 aliphatic carbocycles. The molecule has 27 heavy (non-hydrogen) atoms. The highest BCUT2D eigenvalue weighted by Crippen LogP contribution is 2.37. The monoisotopic (exact) mass is 398 g/mol. The van der Waals surface area contributed by atoms with Crippen molar-refractivity contribution >= 4 is 50.5 Å². The Hall–Kier alpha value is -2.37. The molecule has 1 aliphatic rings. The van der Waals surface area contributed by atoms with Crippen LogP contribution in [0, 0.1) is 0 Å². The van der Waals surface area contributed by atoms with Crippen molar-refractivity contribution in [2.24, 2.45) is 5.73 Å². The van der Waals surface area contributed by atoms with E-state index in [9.17, 15) is 9.59 Å². The van der Waals surface area contributed by atoms with Gasteiger partial charge in [-0.1, -0.05) is 42.3 Å². The van der Waals surface area contributed by atoms with Crippen LogP contribution in [0.2, 0.25) is 5.02 Å². The molecule has 4 rings (SSSR count). The van der Waals surface area contributed by atoms with Gasteiger partial charge >= 0.3 is 0 Å². The van der Waals surface area contributed by atoms with Crippen LogP contribution in [0.3, 0.4) is 0 Å². The summed E-state index contributed by atoms with van der Waals surface area (Å²) in [6, 6.07) is 10.9. The van der Waals surface area contributed by atoms with E-state index < -0.39 is 5.91 Å². The topological polar surface area (TPSA) is 72.2 Å². The van der Waals surface area contributed by atoms with E-state index in [0.717, 1.165) is 53.3 Å². The van der Waals surface area contributed by atoms with E-state index in [1.807, 2.05) is 24.3 Å². The van der Waals surface area contributed by atoms with Crippen LogP contribution in [0.1, 0.15) is 50.4 Å². The van der Waals surface area contributed by atoms with E-state index in [2.05, 4.69) is 5.32 Å². The maximum Gasteiger partial charge on any atom is 0.256 e. The minimum atomic E-state index is -0.481. The van der Waals surface area contributed by atoms with Gasteiger partial charge < -0.3 is 11.1 Å². The van der Waals surface area contributed by atoms with Gasteiger partial charge in [0.2, 0.25) is 0 Å². The van der Waals surface area contributed by atoms with Crippen molar-refractivity contribution < 1.29 is 9.59 Å². The molecule has 138 valence electrons. The van der Waals surface area contributed by atoms with Gasteiger partial charge in [0.25, 0.3) is 11.8 Å². The molecule has 0 fully saturated rings. The van der Waals surface area contributed by atoms with Gasteiger partial charge in [-0.2, -0.15) is 0 Å². The summed E-state index contributed by atoms with van der Waals surface area (Å²) >= 11 is 7.73. The molecule has 3 N–H and O–H groups in total. The summed E-state index contributed by atoms with van der Waals surface area (Å²) in [5, 5.41) is 5.69. The molecule has 0 unspecified atom stereocenters. The number of hydrogen-bond donors (Lipinski definition) is 2. The predicted molar refractivity (Wildman–Crippen MR) is 111 cm³/mol. The Bertz CT molecular complexity index is 1060. The van der Waals surface area contributed by atoms with E-state index in [0.29, 0.717) is 21.2 Å². The van der Waals surface area contributed by atoms with Crippen molar-refractivity contribution in [2.75, 3.05) is 5.32 Å². The van der Waals surface area contributed by atoms with Crippen LogP contribution >= 0.6 is 22.9 Å². The van der Waals surface area contributed by atoms with Gasteiger partial charge in [0.05, 0.1) is 5.56 Å². The summed E-state index contributed by atoms with van der Waals surface area (Å²) in [6.45, 7) is 0. The van der Waals surface area contributed by atoms with Crippen molar-refractivity contribution in [3.8, 4) is 0 Å². The van der Waals surface area contributed by atoms with E-state index in [1.165, 1.54) is 11.3 Å². The molecule has 1 aromatic heterocycles. The number of thiophene rings is 1. The quantitative estimate of drug-likeness (QED) is 0.597. The van der Waals surface area contributed by atoms with Crippen molar-refractivity contribution in [3.05, 3.63) is 63.0 Å². The third-order valence-electron chi connectivity index (χ3n) is 5.01. The first-order chi connectivity index (χ1) is 13.1. The fourth-order valence-corrected chi connectivity index (χ4v) is 5.26. The summed E-state index contributed by atoms with van der Waals surface area (Å²) in [7, 11) is 0. The van der Waals surface area contributed by atoms with Crippen LogP contribution < -0.4 is 11.1 Å². The molecule has 0 spiro atoms. The number of aryl methyl sites for hydroxylation is 1. The van der Waals surface area contributed by atoms with Crippen LogP contribution in [0.25, 0.3) is 10.8 Å². The summed E-state index contributed by atoms with van der Waals surface area (Å²) in [6.07, 6.45) is 5.06. The van der Waals surface area contributed by atoms with Crippen LogP contribution in [0.5, 0.6) is 0 Å². The molecule has 6 heteroatoms. The lowest BCUT2D eigenvalue weighted by molar-refractivity contribution is 0.100. The van der Waals surface area contributed by atoms with E-state index in [-0.39, 0.29) is 5.91 Å². The molecule has 2 aromatic carbocycles. The number of anilines is 1. The Morgan fingerprint density at radius 2 is 1.74 bits per heavy atom. The summed E-state index contributed by atoms with van der Waals surface area (Å²) < 4.78 is 0. The summed E-state index contributed by atoms with van der Waals surface area (Å²) in [4.78, 5) is 26.3. The summed E-state index contributed by atoms with van der Waals surface area (Å²) in [5.41, 5.74) is 7.67. The van der Waals surface area contributed by atoms with Gasteiger partial charge in [-0.05, 0) is 48.8 Å². The first kappa shape index (κ1) is 18.0. The molecule has 3 aromatic rings. The second-order valence-electron chi connectivity index (χ2n) is 6.73. The highest BCUT2D eigenvalue weighted by molar-refractivity contribution is 7.17. The highest BCUT2D eigenvalue weighted by atomic mass is 35.5. The van der Waals surface area contributed by atoms with Gasteiger partial charge in [0, 0.05) is 20.8 Å². The molecule has 0 aliphatic heterocycles. The molecular formula is C21H19ClN2O2S. The van der Waals surface area contributed by atoms with Crippen LogP contribution in [-0.4, -0.2) is 11.8 Å². The molecule has 4 nitrogen and oxygen atoms in total. The second kappa shape index (κ2) is 7.33. The lowest BCUT2D eigenvalue weighted by Gasteiger charge is -2.09. The van der Waals surface area contributed by atoms with Gasteiger partial charge in [0.1, 0.15) is 5.00 Å². The fraction of sp³-hybridized carbons (Fsp3) is 0.238. The third-order valence-corrected chi connectivity index (χ3v) is 6.55. The van der Waals surface area contributed by atoms with Gasteiger partial charge in [-0.3, -0.25) is 9.59 Å². The average molecular weight is 399 g/mol. The van der Waals surface area contributed by atoms with Crippen molar-refractivity contribution in [2.45, 2.75) is 32.1 Å². The predicted octanol–water partition coefficient (Wildman–Crippen LogP) is 5.17. The number of primary amides is 1. The number of benzene rings is 2. The normalized spacial score (nSPS) is 13.8. The molecule has 0 bridgehead atoms. The first-order valence-corrected chi connectivity index (χ1v) is 10.2. The Balaban J connectivity index is 1.74. The van der Waals surface area contributed by atoms with Crippen molar-refractivity contribution in [3.63, 3.8) is 0 Å². The van der Waals surface area contributed by atoms with Crippen molar-refractivity contribution in [1.82, 2.24) is 0 Å². The minimum Gasteiger partial charge on any atom is -0.365 e. The Kier molecular flexibility index (Phi) is 4.89. The Labute approximate surface area is 166 Å². The fourth-order valence-electron chi connectivity index (χ4n) is 3.73. The standard InChI is InChI=1S/C21H19ClN2O2S/c22-16-10-5-7-12-13(16)8-4-9-14(12)20(26)24-21-18(19(23)25)15-6-2-1-3-11-17(15)27-21/h4-5,7-10H,1-3,6,11H2,(H2,23,25)(H,24,26). The number of hydrogen-bond acceptors (Lipinski definition) is 3. The zero-order chi connectivity index (χ0) is 19.0. The average Bonchev–Trinajstić information content (AvgIpc) is 2.82. The minimum absolute atomic E-state index is 0.262. The second-order valence-corrected chi connectivity index (χ2v) is 8.24. The zero-order valence-electron chi connectivity index (χ0n) is 14.7. The third kappa shape index (κ3) is 3.33. The summed E-state index contributed by atoms with van der Waals surface area (Å²) in [5.74, 6) is -0.743.